The highest BCUT2D eigenvalue weighted by Gasteiger charge is 2.30. The molecule has 6 heteroatoms. The average Bonchev–Trinajstić information content (AvgIpc) is 2.63. The monoisotopic (exact) mass is 346 g/mol. The summed E-state index contributed by atoms with van der Waals surface area (Å²) in [6, 6.07) is 7.81. The van der Waals surface area contributed by atoms with Gasteiger partial charge in [-0.05, 0) is 25.0 Å². The van der Waals surface area contributed by atoms with Crippen LogP contribution in [0.15, 0.2) is 43.0 Å². The molecule has 0 saturated heterocycles. The van der Waals surface area contributed by atoms with Crippen LogP contribution < -0.4 is 10.6 Å². The molecule has 2 amide bonds. The summed E-state index contributed by atoms with van der Waals surface area (Å²) in [6.45, 7) is 9.05. The van der Waals surface area contributed by atoms with Crippen molar-refractivity contribution in [2.24, 2.45) is 5.92 Å². The van der Waals surface area contributed by atoms with Gasteiger partial charge in [0.05, 0.1) is 0 Å². The predicted molar refractivity (Wildman–Crippen MR) is 95.9 cm³/mol. The fourth-order valence-electron chi connectivity index (χ4n) is 2.10. The second kappa shape index (κ2) is 10.3. The first-order valence-electron chi connectivity index (χ1n) is 8.35. The molecular weight excluding hydrogens is 320 g/mol. The lowest BCUT2D eigenvalue weighted by molar-refractivity contribution is -0.157. The highest BCUT2D eigenvalue weighted by atomic mass is 16.5. The molecule has 2 N–H and O–H groups in total. The number of hydrogen-bond donors (Lipinski definition) is 2. The first-order chi connectivity index (χ1) is 11.9. The Balaban J connectivity index is 2.77. The maximum absolute atomic E-state index is 12.5. The second-order valence-corrected chi connectivity index (χ2v) is 5.82. The molecule has 0 spiro atoms. The molecule has 3 atom stereocenters. The molecule has 0 saturated carbocycles. The molecule has 0 radical (unpaired) electrons. The van der Waals surface area contributed by atoms with Crippen LogP contribution in [0.25, 0.3) is 0 Å². The summed E-state index contributed by atoms with van der Waals surface area (Å²) < 4.78 is 5.23. The highest BCUT2D eigenvalue weighted by Crippen LogP contribution is 2.12. The Bertz CT molecular complexity index is 601. The third-order valence-electron chi connectivity index (χ3n) is 3.87. The second-order valence-electron chi connectivity index (χ2n) is 5.82. The molecule has 1 aromatic carbocycles. The minimum Gasteiger partial charge on any atom is -0.451 e. The van der Waals surface area contributed by atoms with Gasteiger partial charge in [-0.15, -0.1) is 6.58 Å². The number of carbonyl (C=O) groups excluding carboxylic acids is 3. The van der Waals surface area contributed by atoms with Gasteiger partial charge in [0, 0.05) is 12.1 Å². The van der Waals surface area contributed by atoms with Gasteiger partial charge in [0.25, 0.3) is 11.8 Å². The summed E-state index contributed by atoms with van der Waals surface area (Å²) in [4.78, 5) is 36.6. The zero-order chi connectivity index (χ0) is 18.8. The van der Waals surface area contributed by atoms with Gasteiger partial charge in [0.2, 0.25) is 0 Å². The van der Waals surface area contributed by atoms with Gasteiger partial charge in [-0.25, -0.2) is 4.79 Å². The van der Waals surface area contributed by atoms with Gasteiger partial charge in [-0.2, -0.15) is 0 Å². The molecular formula is C19H26N2O4. The predicted octanol–water partition coefficient (Wildman–Crippen LogP) is 2.06. The average molecular weight is 346 g/mol. The molecule has 0 aliphatic rings. The smallest absolute Gasteiger partial charge is 0.329 e. The minimum atomic E-state index is -0.951. The Kier molecular flexibility index (Phi) is 8.39. The molecule has 0 fully saturated rings. The van der Waals surface area contributed by atoms with Crippen molar-refractivity contribution in [3.05, 3.63) is 48.6 Å². The summed E-state index contributed by atoms with van der Waals surface area (Å²) in [6.07, 6.45) is 1.26. The Morgan fingerprint density at radius 1 is 1.20 bits per heavy atom. The van der Waals surface area contributed by atoms with E-state index in [1.807, 2.05) is 13.8 Å². The van der Waals surface area contributed by atoms with E-state index >= 15 is 0 Å². The molecule has 0 heterocycles. The Morgan fingerprint density at radius 2 is 1.84 bits per heavy atom. The van der Waals surface area contributed by atoms with Crippen LogP contribution in [-0.4, -0.2) is 36.5 Å². The van der Waals surface area contributed by atoms with Crippen LogP contribution in [0.2, 0.25) is 0 Å². The van der Waals surface area contributed by atoms with Crippen LogP contribution in [0.4, 0.5) is 0 Å². The van der Waals surface area contributed by atoms with E-state index < -0.39 is 24.0 Å². The number of hydrogen-bond acceptors (Lipinski definition) is 4. The van der Waals surface area contributed by atoms with E-state index in [-0.39, 0.29) is 11.8 Å². The summed E-state index contributed by atoms with van der Waals surface area (Å²) in [5.74, 6) is -1.53. The van der Waals surface area contributed by atoms with Crippen molar-refractivity contribution in [2.45, 2.75) is 39.3 Å². The van der Waals surface area contributed by atoms with E-state index in [1.54, 1.807) is 30.3 Å². The lowest BCUT2D eigenvalue weighted by Gasteiger charge is -2.24. The maximum Gasteiger partial charge on any atom is 0.329 e. The molecule has 136 valence electrons. The summed E-state index contributed by atoms with van der Waals surface area (Å²) in [7, 11) is 0. The third kappa shape index (κ3) is 6.41. The first-order valence-corrected chi connectivity index (χ1v) is 8.35. The zero-order valence-electron chi connectivity index (χ0n) is 15.0. The van der Waals surface area contributed by atoms with Crippen molar-refractivity contribution in [3.8, 4) is 0 Å². The maximum atomic E-state index is 12.5. The Labute approximate surface area is 148 Å². The van der Waals surface area contributed by atoms with Gasteiger partial charge in [-0.3, -0.25) is 9.59 Å². The Morgan fingerprint density at radius 3 is 2.40 bits per heavy atom. The largest absolute Gasteiger partial charge is 0.451 e. The summed E-state index contributed by atoms with van der Waals surface area (Å²) >= 11 is 0. The number of carbonyl (C=O) groups is 3. The zero-order valence-corrected chi connectivity index (χ0v) is 15.0. The molecule has 0 aromatic heterocycles. The van der Waals surface area contributed by atoms with E-state index in [9.17, 15) is 14.4 Å². The fourth-order valence-corrected chi connectivity index (χ4v) is 2.10. The normalized spacial score (nSPS) is 13.9. The Hall–Kier alpha value is -2.63. The van der Waals surface area contributed by atoms with E-state index in [0.29, 0.717) is 18.5 Å². The van der Waals surface area contributed by atoms with Gasteiger partial charge in [0.1, 0.15) is 6.04 Å². The lowest BCUT2D eigenvalue weighted by atomic mass is 9.98. The molecule has 0 aliphatic heterocycles. The van der Waals surface area contributed by atoms with E-state index in [0.717, 1.165) is 0 Å². The van der Waals surface area contributed by atoms with Gasteiger partial charge in [0.15, 0.2) is 6.10 Å². The van der Waals surface area contributed by atoms with Crippen LogP contribution in [0.1, 0.15) is 37.6 Å². The molecule has 1 aromatic rings. The minimum absolute atomic E-state index is 0.136. The van der Waals surface area contributed by atoms with Crippen LogP contribution in [0.3, 0.4) is 0 Å². The number of nitrogens with one attached hydrogen (secondary N) is 2. The SMILES string of the molecule is C=CCNC(=O)C(C)OC(=O)C(NC(=O)c1ccccc1)C(C)CC. The molecule has 0 bridgehead atoms. The van der Waals surface area contributed by atoms with Gasteiger partial charge < -0.3 is 15.4 Å². The summed E-state index contributed by atoms with van der Waals surface area (Å²) in [5.41, 5.74) is 0.459. The molecule has 3 unspecified atom stereocenters. The quantitative estimate of drug-likeness (QED) is 0.529. The molecule has 0 aliphatic carbocycles. The topological polar surface area (TPSA) is 84.5 Å². The van der Waals surface area contributed by atoms with Gasteiger partial charge in [-0.1, -0.05) is 44.5 Å². The van der Waals surface area contributed by atoms with Crippen molar-refractivity contribution in [2.75, 3.05) is 6.54 Å². The van der Waals surface area contributed by atoms with Crippen molar-refractivity contribution in [1.82, 2.24) is 10.6 Å². The van der Waals surface area contributed by atoms with Crippen LogP contribution in [0, 0.1) is 5.92 Å². The van der Waals surface area contributed by atoms with Crippen LogP contribution >= 0.6 is 0 Å². The van der Waals surface area contributed by atoms with Crippen molar-refractivity contribution < 1.29 is 19.1 Å². The number of amides is 2. The van der Waals surface area contributed by atoms with Crippen molar-refractivity contribution in [3.63, 3.8) is 0 Å². The number of esters is 1. The standard InChI is InChI=1S/C19H26N2O4/c1-5-12-20-17(22)14(4)25-19(24)16(13(3)6-2)21-18(23)15-10-8-7-9-11-15/h5,7-11,13-14,16H,1,6,12H2,2-4H3,(H,20,22)(H,21,23). The van der Waals surface area contributed by atoms with E-state index in [1.165, 1.54) is 13.0 Å². The molecule has 6 nitrogen and oxygen atoms in total. The molecule has 1 rings (SSSR count). The molecule has 25 heavy (non-hydrogen) atoms. The highest BCUT2D eigenvalue weighted by molar-refractivity contribution is 5.97. The van der Waals surface area contributed by atoms with E-state index in [2.05, 4.69) is 17.2 Å². The summed E-state index contributed by atoms with van der Waals surface area (Å²) in [5, 5.41) is 5.27. The van der Waals surface area contributed by atoms with E-state index in [4.69, 9.17) is 4.74 Å². The number of rotatable bonds is 9. The number of benzene rings is 1. The van der Waals surface area contributed by atoms with Crippen LogP contribution in [0.5, 0.6) is 0 Å². The van der Waals surface area contributed by atoms with Gasteiger partial charge >= 0.3 is 5.97 Å². The number of ether oxygens (including phenoxy) is 1. The fraction of sp³-hybridized carbons (Fsp3) is 0.421. The van der Waals surface area contributed by atoms with Crippen molar-refractivity contribution in [1.29, 1.82) is 0 Å². The third-order valence-corrected chi connectivity index (χ3v) is 3.87. The first kappa shape index (κ1) is 20.4. The van der Waals surface area contributed by atoms with Crippen LogP contribution in [-0.2, 0) is 14.3 Å². The van der Waals surface area contributed by atoms with Crippen molar-refractivity contribution >= 4 is 17.8 Å². The lowest BCUT2D eigenvalue weighted by Crippen LogP contribution is -2.48.